The molecule has 2 heteroatoms. The van der Waals surface area contributed by atoms with Gasteiger partial charge in [0.25, 0.3) is 0 Å². The fraction of sp³-hybridized carbons (Fsp3) is 0. The third kappa shape index (κ3) is 6.54. The van der Waals surface area contributed by atoms with Gasteiger partial charge in [0.1, 0.15) is 0 Å². The first-order valence-corrected chi connectivity index (χ1v) is 21.3. The van der Waals surface area contributed by atoms with Crippen LogP contribution in [0.2, 0.25) is 0 Å². The molecule has 10 aromatic carbocycles. The molecule has 0 N–H and O–H groups in total. The van der Waals surface area contributed by atoms with Crippen molar-refractivity contribution in [1.29, 1.82) is 0 Å². The molecule has 0 aliphatic carbocycles. The average molecular weight is 782 g/mol. The molecule has 0 fully saturated rings. The summed E-state index contributed by atoms with van der Waals surface area (Å²) >= 11 is 1.85. The third-order valence-corrected chi connectivity index (χ3v) is 12.9. The Balaban J connectivity index is 1.03. The first kappa shape index (κ1) is 35.6. The van der Waals surface area contributed by atoms with Crippen LogP contribution >= 0.6 is 11.3 Å². The van der Waals surface area contributed by atoms with Crippen LogP contribution in [0.4, 0.5) is 17.1 Å². The van der Waals surface area contributed by atoms with Gasteiger partial charge in [0.05, 0.1) is 5.69 Å². The van der Waals surface area contributed by atoms with Crippen LogP contribution < -0.4 is 4.90 Å². The van der Waals surface area contributed by atoms with E-state index in [1.165, 1.54) is 86.6 Å². The predicted octanol–water partition coefficient (Wildman–Crippen LogP) is 17.0. The zero-order valence-corrected chi connectivity index (χ0v) is 33.7. The van der Waals surface area contributed by atoms with Crippen molar-refractivity contribution in [2.75, 3.05) is 4.90 Å². The predicted molar refractivity (Wildman–Crippen MR) is 259 cm³/mol. The van der Waals surface area contributed by atoms with Gasteiger partial charge in [-0.2, -0.15) is 0 Å². The second-order valence-corrected chi connectivity index (χ2v) is 16.4. The maximum Gasteiger partial charge on any atom is 0.0540 e. The Hall–Kier alpha value is -7.52. The molecule has 0 amide bonds. The van der Waals surface area contributed by atoms with Gasteiger partial charge < -0.3 is 4.90 Å². The van der Waals surface area contributed by atoms with Crippen molar-refractivity contribution in [2.24, 2.45) is 0 Å². The van der Waals surface area contributed by atoms with Crippen molar-refractivity contribution in [3.63, 3.8) is 0 Å². The van der Waals surface area contributed by atoms with E-state index in [2.05, 4.69) is 241 Å². The van der Waals surface area contributed by atoms with Crippen LogP contribution in [0.3, 0.4) is 0 Å². The maximum absolute atomic E-state index is 2.44. The Bertz CT molecular complexity index is 3310. The molecule has 0 aliphatic rings. The SMILES string of the molecule is c1ccc(-c2ccccc2-c2ccccc2-c2ccccc2N(c2ccc(-c3ccc(-c4ccc5ccccc5c4)cc3)cc2)c2ccc3sc4ccccc4c3c2)cc1. The summed E-state index contributed by atoms with van der Waals surface area (Å²) in [6.45, 7) is 0. The number of hydrogen-bond donors (Lipinski definition) is 0. The van der Waals surface area contributed by atoms with E-state index in [0.717, 1.165) is 17.1 Å². The van der Waals surface area contributed by atoms with Gasteiger partial charge in [-0.3, -0.25) is 0 Å². The Kier molecular flexibility index (Phi) is 9.11. The Morgan fingerprint density at radius 3 is 1.52 bits per heavy atom. The van der Waals surface area contributed by atoms with E-state index in [1.54, 1.807) is 0 Å². The van der Waals surface area contributed by atoms with Gasteiger partial charge in [-0.1, -0.05) is 188 Å². The van der Waals surface area contributed by atoms with E-state index in [0.29, 0.717) is 0 Å². The van der Waals surface area contributed by atoms with E-state index in [-0.39, 0.29) is 0 Å². The van der Waals surface area contributed by atoms with Crippen molar-refractivity contribution >= 4 is 59.3 Å². The quantitative estimate of drug-likeness (QED) is 0.148. The lowest BCUT2D eigenvalue weighted by atomic mass is 9.88. The summed E-state index contributed by atoms with van der Waals surface area (Å²) in [7, 11) is 0. The number of rotatable bonds is 8. The Morgan fingerprint density at radius 1 is 0.267 bits per heavy atom. The second-order valence-electron chi connectivity index (χ2n) is 15.3. The zero-order chi connectivity index (χ0) is 39.8. The molecular weight excluding hydrogens is 743 g/mol. The van der Waals surface area contributed by atoms with Crippen LogP contribution in [0.15, 0.2) is 237 Å². The number of para-hydroxylation sites is 1. The second kappa shape index (κ2) is 15.3. The highest BCUT2D eigenvalue weighted by Crippen LogP contribution is 2.47. The number of thiophene rings is 1. The fourth-order valence-corrected chi connectivity index (χ4v) is 9.83. The van der Waals surface area contributed by atoms with E-state index in [1.807, 2.05) is 11.3 Å². The van der Waals surface area contributed by atoms with Gasteiger partial charge in [0.2, 0.25) is 0 Å². The molecule has 11 rings (SSSR count). The van der Waals surface area contributed by atoms with Crippen molar-refractivity contribution < 1.29 is 0 Å². The molecular formula is C58H39NS. The van der Waals surface area contributed by atoms with Crippen molar-refractivity contribution in [3.05, 3.63) is 237 Å². The number of fused-ring (bicyclic) bond motifs is 4. The van der Waals surface area contributed by atoms with Crippen LogP contribution in [0, 0.1) is 0 Å². The molecule has 0 bridgehead atoms. The number of hydrogen-bond acceptors (Lipinski definition) is 2. The summed E-state index contributed by atoms with van der Waals surface area (Å²) in [4.78, 5) is 2.44. The largest absolute Gasteiger partial charge is 0.310 e. The maximum atomic E-state index is 2.44. The molecule has 0 saturated heterocycles. The summed E-state index contributed by atoms with van der Waals surface area (Å²) < 4.78 is 2.59. The van der Waals surface area contributed by atoms with Gasteiger partial charge in [0.15, 0.2) is 0 Å². The molecule has 1 aromatic heterocycles. The summed E-state index contributed by atoms with van der Waals surface area (Å²) in [5.74, 6) is 0. The standard InChI is InChI=1S/C58H39NS/c1-2-15-44(16-3-1)49-18-6-7-19-50(49)51-20-8-9-21-52(51)53-22-10-12-24-56(53)59(48-36-37-58-55(39-48)54-23-11-13-25-57(54)60-58)47-34-32-42(33-35-47)41-26-28-43(29-27-41)46-31-30-40-14-4-5-17-45(40)38-46/h1-39H. The molecule has 1 heterocycles. The molecule has 11 aromatic rings. The van der Waals surface area contributed by atoms with E-state index < -0.39 is 0 Å². The van der Waals surface area contributed by atoms with Crippen LogP contribution in [-0.4, -0.2) is 0 Å². The first-order chi connectivity index (χ1) is 29.7. The Morgan fingerprint density at radius 2 is 0.767 bits per heavy atom. The average Bonchev–Trinajstić information content (AvgIpc) is 3.70. The lowest BCUT2D eigenvalue weighted by Crippen LogP contribution is -2.11. The lowest BCUT2D eigenvalue weighted by Gasteiger charge is -2.29. The molecule has 0 unspecified atom stereocenters. The minimum absolute atomic E-state index is 1.10. The summed E-state index contributed by atoms with van der Waals surface area (Å²) in [6.07, 6.45) is 0. The van der Waals surface area contributed by atoms with Crippen LogP contribution in [0.5, 0.6) is 0 Å². The molecule has 60 heavy (non-hydrogen) atoms. The molecule has 282 valence electrons. The molecule has 0 radical (unpaired) electrons. The minimum atomic E-state index is 1.10. The molecule has 0 aliphatic heterocycles. The van der Waals surface area contributed by atoms with E-state index >= 15 is 0 Å². The number of benzene rings is 10. The summed E-state index contributed by atoms with van der Waals surface area (Å²) in [6, 6.07) is 86.2. The first-order valence-electron chi connectivity index (χ1n) is 20.5. The van der Waals surface area contributed by atoms with Gasteiger partial charge in [0, 0.05) is 37.1 Å². The highest BCUT2D eigenvalue weighted by molar-refractivity contribution is 7.25. The van der Waals surface area contributed by atoms with Crippen LogP contribution in [0.25, 0.3) is 86.6 Å². The van der Waals surface area contributed by atoms with E-state index in [4.69, 9.17) is 0 Å². The number of anilines is 3. The fourth-order valence-electron chi connectivity index (χ4n) is 8.74. The topological polar surface area (TPSA) is 3.24 Å². The Labute approximate surface area is 354 Å². The van der Waals surface area contributed by atoms with Gasteiger partial charge in [-0.25, -0.2) is 0 Å². The van der Waals surface area contributed by atoms with Crippen molar-refractivity contribution in [1.82, 2.24) is 0 Å². The smallest absolute Gasteiger partial charge is 0.0540 e. The number of nitrogens with zero attached hydrogens (tertiary/aromatic N) is 1. The summed E-state index contributed by atoms with van der Waals surface area (Å²) in [5, 5.41) is 5.08. The monoisotopic (exact) mass is 781 g/mol. The molecule has 0 saturated carbocycles. The van der Waals surface area contributed by atoms with Crippen molar-refractivity contribution in [3.8, 4) is 55.6 Å². The van der Waals surface area contributed by atoms with Gasteiger partial charge in [-0.05, 0) is 109 Å². The van der Waals surface area contributed by atoms with E-state index in [9.17, 15) is 0 Å². The highest BCUT2D eigenvalue weighted by Gasteiger charge is 2.21. The minimum Gasteiger partial charge on any atom is -0.310 e. The lowest BCUT2D eigenvalue weighted by molar-refractivity contribution is 1.29. The highest BCUT2D eigenvalue weighted by atomic mass is 32.1. The summed E-state index contributed by atoms with van der Waals surface area (Å²) in [5.41, 5.74) is 15.3. The van der Waals surface area contributed by atoms with Gasteiger partial charge in [-0.15, -0.1) is 11.3 Å². The molecule has 0 spiro atoms. The third-order valence-electron chi connectivity index (χ3n) is 11.7. The molecule has 0 atom stereocenters. The van der Waals surface area contributed by atoms with Crippen LogP contribution in [0.1, 0.15) is 0 Å². The zero-order valence-electron chi connectivity index (χ0n) is 32.9. The van der Waals surface area contributed by atoms with Gasteiger partial charge >= 0.3 is 0 Å². The molecule has 1 nitrogen and oxygen atoms in total. The van der Waals surface area contributed by atoms with Crippen LogP contribution in [-0.2, 0) is 0 Å². The van der Waals surface area contributed by atoms with Crippen molar-refractivity contribution in [2.45, 2.75) is 0 Å². The normalized spacial score (nSPS) is 11.3.